The first-order chi connectivity index (χ1) is 9.16. The smallest absolute Gasteiger partial charge is 0.254 e. The highest BCUT2D eigenvalue weighted by Gasteiger charge is 2.13. The summed E-state index contributed by atoms with van der Waals surface area (Å²) in [6, 6.07) is 3.91. The Hall–Kier alpha value is -1.62. The molecular weight excluding hydrogens is 242 g/mol. The molecule has 1 fully saturated rings. The summed E-state index contributed by atoms with van der Waals surface area (Å²) in [5.41, 5.74) is 0.577. The number of hydrogen-bond donors (Lipinski definition) is 1. The summed E-state index contributed by atoms with van der Waals surface area (Å²) >= 11 is 0. The van der Waals surface area contributed by atoms with Crippen LogP contribution in [-0.2, 0) is 0 Å². The average molecular weight is 263 g/mol. The molecule has 1 atom stereocenters. The Morgan fingerprint density at radius 3 is 2.89 bits per heavy atom. The summed E-state index contributed by atoms with van der Waals surface area (Å²) in [6.07, 6.45) is 5.21. The molecule has 19 heavy (non-hydrogen) atoms. The second kappa shape index (κ2) is 6.52. The highest BCUT2D eigenvalue weighted by Crippen LogP contribution is 2.12. The number of aromatic nitrogens is 1. The van der Waals surface area contributed by atoms with E-state index in [9.17, 15) is 4.79 Å². The Balaban J connectivity index is 1.86. The zero-order chi connectivity index (χ0) is 13.7. The third kappa shape index (κ3) is 3.92. The fourth-order valence-electron chi connectivity index (χ4n) is 2.10. The summed E-state index contributed by atoms with van der Waals surface area (Å²) in [5, 5.41) is 3.42. The van der Waals surface area contributed by atoms with Crippen LogP contribution in [0.5, 0.6) is 5.88 Å². The first-order valence-electron chi connectivity index (χ1n) is 6.70. The summed E-state index contributed by atoms with van der Waals surface area (Å²) < 4.78 is 5.64. The van der Waals surface area contributed by atoms with Gasteiger partial charge in [-0.2, -0.15) is 0 Å². The van der Waals surface area contributed by atoms with E-state index < -0.39 is 0 Å². The number of nitrogens with one attached hydrogen (secondary N) is 1. The largest absolute Gasteiger partial charge is 0.476 e. The Morgan fingerprint density at radius 2 is 2.32 bits per heavy atom. The average Bonchev–Trinajstić information content (AvgIpc) is 2.46. The minimum atomic E-state index is -0.0482. The zero-order valence-electron chi connectivity index (χ0n) is 11.6. The zero-order valence-corrected chi connectivity index (χ0v) is 11.6. The van der Waals surface area contributed by atoms with Crippen LogP contribution in [0.15, 0.2) is 18.3 Å². The number of pyridine rings is 1. The summed E-state index contributed by atoms with van der Waals surface area (Å²) in [5.74, 6) is 0.524. The number of carbonyl (C=O) groups excluding carboxylic acids is 1. The lowest BCUT2D eigenvalue weighted by Crippen LogP contribution is -2.38. The predicted molar refractivity (Wildman–Crippen MR) is 73.4 cm³/mol. The molecule has 1 aromatic heterocycles. The summed E-state index contributed by atoms with van der Waals surface area (Å²) in [6.45, 7) is 1.70. The second-order valence-corrected chi connectivity index (χ2v) is 5.04. The molecule has 1 aromatic rings. The standard InChI is InChI=1S/C14H21N3O2/c1-17(2)14(18)11-6-7-13(16-9-11)19-10-12-5-3-4-8-15-12/h6-7,9,12,15H,3-5,8,10H2,1-2H3. The van der Waals surface area contributed by atoms with Gasteiger partial charge in [0.2, 0.25) is 5.88 Å². The van der Waals surface area contributed by atoms with E-state index in [2.05, 4.69) is 10.3 Å². The molecule has 2 heterocycles. The van der Waals surface area contributed by atoms with Crippen LogP contribution in [0.2, 0.25) is 0 Å². The van der Waals surface area contributed by atoms with Gasteiger partial charge in [0, 0.05) is 32.4 Å². The van der Waals surface area contributed by atoms with Gasteiger partial charge in [-0.15, -0.1) is 0 Å². The van der Waals surface area contributed by atoms with E-state index in [4.69, 9.17) is 4.74 Å². The van der Waals surface area contributed by atoms with E-state index in [1.807, 2.05) is 0 Å². The second-order valence-electron chi connectivity index (χ2n) is 5.04. The summed E-state index contributed by atoms with van der Waals surface area (Å²) in [4.78, 5) is 17.4. The minimum Gasteiger partial charge on any atom is -0.476 e. The number of nitrogens with zero attached hydrogens (tertiary/aromatic N) is 2. The third-order valence-corrected chi connectivity index (χ3v) is 3.23. The molecule has 0 aromatic carbocycles. The third-order valence-electron chi connectivity index (χ3n) is 3.23. The number of amides is 1. The molecule has 2 rings (SSSR count). The van der Waals surface area contributed by atoms with Crippen LogP contribution in [0.3, 0.4) is 0 Å². The number of rotatable bonds is 4. The van der Waals surface area contributed by atoms with Gasteiger partial charge in [0.25, 0.3) is 5.91 Å². The topological polar surface area (TPSA) is 54.5 Å². The van der Waals surface area contributed by atoms with E-state index in [-0.39, 0.29) is 5.91 Å². The molecule has 0 aliphatic carbocycles. The van der Waals surface area contributed by atoms with Gasteiger partial charge in [-0.1, -0.05) is 6.42 Å². The predicted octanol–water partition coefficient (Wildman–Crippen LogP) is 1.30. The lowest BCUT2D eigenvalue weighted by Gasteiger charge is -2.23. The molecule has 1 amide bonds. The summed E-state index contributed by atoms with van der Waals surface area (Å²) in [7, 11) is 3.45. The van der Waals surface area contributed by atoms with Gasteiger partial charge in [-0.25, -0.2) is 4.98 Å². The maximum absolute atomic E-state index is 11.7. The van der Waals surface area contributed by atoms with Crippen LogP contribution < -0.4 is 10.1 Å². The van der Waals surface area contributed by atoms with Gasteiger partial charge >= 0.3 is 0 Å². The van der Waals surface area contributed by atoms with Gasteiger partial charge in [-0.05, 0) is 25.5 Å². The molecule has 1 N–H and O–H groups in total. The Bertz CT molecular complexity index is 411. The van der Waals surface area contributed by atoms with Crippen molar-refractivity contribution in [1.29, 1.82) is 0 Å². The number of carbonyl (C=O) groups is 1. The van der Waals surface area contributed by atoms with Crippen molar-refractivity contribution < 1.29 is 9.53 Å². The Labute approximate surface area is 114 Å². The fourth-order valence-corrected chi connectivity index (χ4v) is 2.10. The van der Waals surface area contributed by atoms with Crippen LogP contribution in [0.25, 0.3) is 0 Å². The van der Waals surface area contributed by atoms with Gasteiger partial charge in [-0.3, -0.25) is 4.79 Å². The van der Waals surface area contributed by atoms with E-state index in [0.29, 0.717) is 24.1 Å². The van der Waals surface area contributed by atoms with Crippen molar-refractivity contribution in [3.63, 3.8) is 0 Å². The van der Waals surface area contributed by atoms with E-state index in [1.165, 1.54) is 17.7 Å². The van der Waals surface area contributed by atoms with Crippen molar-refractivity contribution in [1.82, 2.24) is 15.2 Å². The molecule has 5 heteroatoms. The lowest BCUT2D eigenvalue weighted by atomic mass is 10.1. The number of piperidine rings is 1. The molecule has 0 saturated carbocycles. The van der Waals surface area contributed by atoms with Crippen molar-refractivity contribution in [2.75, 3.05) is 27.2 Å². The quantitative estimate of drug-likeness (QED) is 0.889. The Kier molecular flexibility index (Phi) is 4.74. The van der Waals surface area contributed by atoms with Crippen molar-refractivity contribution in [2.45, 2.75) is 25.3 Å². The van der Waals surface area contributed by atoms with Crippen LogP contribution in [0, 0.1) is 0 Å². The highest BCUT2D eigenvalue weighted by atomic mass is 16.5. The molecule has 5 nitrogen and oxygen atoms in total. The van der Waals surface area contributed by atoms with Crippen LogP contribution >= 0.6 is 0 Å². The molecule has 104 valence electrons. The number of ether oxygens (including phenoxy) is 1. The molecule has 0 bridgehead atoms. The van der Waals surface area contributed by atoms with Gasteiger partial charge in [0.05, 0.1) is 5.56 Å². The molecule has 1 unspecified atom stereocenters. The van der Waals surface area contributed by atoms with Gasteiger partial charge in [0.15, 0.2) is 0 Å². The highest BCUT2D eigenvalue weighted by molar-refractivity contribution is 5.93. The van der Waals surface area contributed by atoms with Crippen molar-refractivity contribution in [3.8, 4) is 5.88 Å². The molecule has 0 spiro atoms. The van der Waals surface area contributed by atoms with Crippen molar-refractivity contribution in [2.24, 2.45) is 0 Å². The van der Waals surface area contributed by atoms with E-state index in [0.717, 1.165) is 13.0 Å². The Morgan fingerprint density at radius 1 is 1.47 bits per heavy atom. The molecule has 1 saturated heterocycles. The van der Waals surface area contributed by atoms with Crippen LogP contribution in [0.4, 0.5) is 0 Å². The molecule has 1 aliphatic rings. The SMILES string of the molecule is CN(C)C(=O)c1ccc(OCC2CCCCN2)nc1. The monoisotopic (exact) mass is 263 g/mol. The minimum absolute atomic E-state index is 0.0482. The normalized spacial score (nSPS) is 18.9. The maximum Gasteiger partial charge on any atom is 0.254 e. The van der Waals surface area contributed by atoms with Crippen LogP contribution in [-0.4, -0.2) is 49.1 Å². The van der Waals surface area contributed by atoms with E-state index >= 15 is 0 Å². The first-order valence-corrected chi connectivity index (χ1v) is 6.70. The van der Waals surface area contributed by atoms with Crippen molar-refractivity contribution in [3.05, 3.63) is 23.9 Å². The maximum atomic E-state index is 11.7. The lowest BCUT2D eigenvalue weighted by molar-refractivity contribution is 0.0827. The first kappa shape index (κ1) is 13.8. The fraction of sp³-hybridized carbons (Fsp3) is 0.571. The van der Waals surface area contributed by atoms with E-state index in [1.54, 1.807) is 32.4 Å². The number of hydrogen-bond acceptors (Lipinski definition) is 4. The molecule has 1 aliphatic heterocycles. The molecule has 0 radical (unpaired) electrons. The van der Waals surface area contributed by atoms with Crippen LogP contribution in [0.1, 0.15) is 29.6 Å². The van der Waals surface area contributed by atoms with Crippen molar-refractivity contribution >= 4 is 5.91 Å². The van der Waals surface area contributed by atoms with Gasteiger partial charge in [0.1, 0.15) is 6.61 Å². The van der Waals surface area contributed by atoms with Gasteiger partial charge < -0.3 is 15.0 Å². The molecular formula is C14H21N3O2.